The first-order chi connectivity index (χ1) is 18.5. The predicted octanol–water partition coefficient (Wildman–Crippen LogP) is 7.43. The van der Waals surface area contributed by atoms with E-state index in [1.54, 1.807) is 17.7 Å². The van der Waals surface area contributed by atoms with E-state index in [-0.39, 0.29) is 0 Å². The lowest BCUT2D eigenvalue weighted by Gasteiger charge is -2.11. The molecule has 0 aliphatic rings. The Bertz CT molecular complexity index is 1710. The molecule has 0 saturated carbocycles. The SMILES string of the molecule is FC(F)(F)c1ccc(Cn2cnc3c(NCCc4ccccc4)nc(-c4csc5ccccc45)nc32)cc1. The maximum absolute atomic E-state index is 13.0. The highest BCUT2D eigenvalue weighted by atomic mass is 32.1. The Morgan fingerprint density at radius 3 is 2.39 bits per heavy atom. The lowest BCUT2D eigenvalue weighted by Crippen LogP contribution is -2.09. The molecule has 0 saturated heterocycles. The molecule has 1 N–H and O–H groups in total. The number of benzene rings is 3. The van der Waals surface area contributed by atoms with Crippen LogP contribution in [0.5, 0.6) is 0 Å². The van der Waals surface area contributed by atoms with Crippen LogP contribution >= 0.6 is 11.3 Å². The molecule has 0 aliphatic heterocycles. The molecule has 6 aromatic rings. The van der Waals surface area contributed by atoms with E-state index in [2.05, 4.69) is 39.9 Å². The molecular weight excluding hydrogens is 507 g/mol. The normalized spacial score (nSPS) is 11.9. The number of nitrogens with zero attached hydrogens (tertiary/aromatic N) is 4. The number of nitrogens with one attached hydrogen (secondary N) is 1. The Morgan fingerprint density at radius 2 is 1.61 bits per heavy atom. The number of imidazole rings is 1. The summed E-state index contributed by atoms with van der Waals surface area (Å²) in [5.41, 5.74) is 3.43. The van der Waals surface area contributed by atoms with Crippen molar-refractivity contribution in [3.63, 3.8) is 0 Å². The summed E-state index contributed by atoms with van der Waals surface area (Å²) in [6.45, 7) is 0.991. The summed E-state index contributed by atoms with van der Waals surface area (Å²) in [6.07, 6.45) is -1.89. The van der Waals surface area contributed by atoms with Gasteiger partial charge in [0.05, 0.1) is 18.4 Å². The van der Waals surface area contributed by atoms with Crippen molar-refractivity contribution < 1.29 is 13.2 Å². The van der Waals surface area contributed by atoms with E-state index in [0.29, 0.717) is 35.9 Å². The molecule has 0 unspecified atom stereocenters. The standard InChI is InChI=1S/C29H22F3N5S/c30-29(31,32)21-12-10-20(11-13-21)16-37-18-34-25-27(33-15-14-19-6-2-1-3-7-19)35-26(36-28(25)37)23-17-38-24-9-5-4-8-22(23)24/h1-13,17-18H,14-16H2,(H,33,35,36). The van der Waals surface area contributed by atoms with Crippen LogP contribution in [0.25, 0.3) is 32.6 Å². The number of fused-ring (bicyclic) bond motifs is 2. The zero-order chi connectivity index (χ0) is 26.1. The lowest BCUT2D eigenvalue weighted by atomic mass is 10.1. The Labute approximate surface area is 220 Å². The summed E-state index contributed by atoms with van der Waals surface area (Å²) < 4.78 is 42.0. The monoisotopic (exact) mass is 529 g/mol. The molecule has 0 fully saturated rings. The number of halogens is 3. The minimum absolute atomic E-state index is 0.332. The summed E-state index contributed by atoms with van der Waals surface area (Å²) in [5, 5.41) is 6.56. The van der Waals surface area contributed by atoms with Gasteiger partial charge in [0.15, 0.2) is 17.3 Å². The summed E-state index contributed by atoms with van der Waals surface area (Å²) in [4.78, 5) is 14.3. The van der Waals surface area contributed by atoms with Crippen molar-refractivity contribution in [2.75, 3.05) is 11.9 Å². The third-order valence-electron chi connectivity index (χ3n) is 6.37. The van der Waals surface area contributed by atoms with Crippen LogP contribution in [0.1, 0.15) is 16.7 Å². The fraction of sp³-hybridized carbons (Fsp3) is 0.138. The van der Waals surface area contributed by atoms with Gasteiger partial charge in [0, 0.05) is 27.6 Å². The van der Waals surface area contributed by atoms with Crippen molar-refractivity contribution in [2.45, 2.75) is 19.1 Å². The Kier molecular flexibility index (Phi) is 6.29. The second-order valence-electron chi connectivity index (χ2n) is 8.94. The minimum Gasteiger partial charge on any atom is -0.368 e. The van der Waals surface area contributed by atoms with Crippen molar-refractivity contribution >= 4 is 38.4 Å². The van der Waals surface area contributed by atoms with Crippen molar-refractivity contribution in [1.29, 1.82) is 0 Å². The summed E-state index contributed by atoms with van der Waals surface area (Å²) in [7, 11) is 0. The van der Waals surface area contributed by atoms with E-state index in [9.17, 15) is 13.2 Å². The average Bonchev–Trinajstić information content (AvgIpc) is 3.54. The molecule has 38 heavy (non-hydrogen) atoms. The highest BCUT2D eigenvalue weighted by molar-refractivity contribution is 7.17. The van der Waals surface area contributed by atoms with Crippen LogP contribution in [-0.2, 0) is 19.1 Å². The summed E-state index contributed by atoms with van der Waals surface area (Å²) >= 11 is 1.63. The van der Waals surface area contributed by atoms with Gasteiger partial charge in [-0.15, -0.1) is 11.3 Å². The highest BCUT2D eigenvalue weighted by Gasteiger charge is 2.30. The van der Waals surface area contributed by atoms with Gasteiger partial charge in [0.25, 0.3) is 0 Å². The van der Waals surface area contributed by atoms with Gasteiger partial charge >= 0.3 is 6.18 Å². The molecule has 190 valence electrons. The minimum atomic E-state index is -4.37. The van der Waals surface area contributed by atoms with Gasteiger partial charge in [0.2, 0.25) is 0 Å². The predicted molar refractivity (Wildman–Crippen MR) is 145 cm³/mol. The van der Waals surface area contributed by atoms with Gasteiger partial charge in [-0.25, -0.2) is 15.0 Å². The van der Waals surface area contributed by atoms with Gasteiger partial charge in [-0.3, -0.25) is 0 Å². The number of hydrogen-bond acceptors (Lipinski definition) is 5. The van der Waals surface area contributed by atoms with Gasteiger partial charge in [-0.1, -0.05) is 60.7 Å². The van der Waals surface area contributed by atoms with Gasteiger partial charge in [-0.2, -0.15) is 13.2 Å². The molecule has 3 aromatic carbocycles. The first-order valence-electron chi connectivity index (χ1n) is 12.1. The second-order valence-corrected chi connectivity index (χ2v) is 9.85. The Hall–Kier alpha value is -4.24. The van der Waals surface area contributed by atoms with Crippen molar-refractivity contribution in [3.8, 4) is 11.4 Å². The maximum atomic E-state index is 13.0. The molecule has 3 aromatic heterocycles. The van der Waals surface area contributed by atoms with Gasteiger partial charge < -0.3 is 9.88 Å². The molecule has 0 bridgehead atoms. The Balaban J connectivity index is 1.38. The molecule has 0 spiro atoms. The largest absolute Gasteiger partial charge is 0.416 e. The van der Waals surface area contributed by atoms with Gasteiger partial charge in [0.1, 0.15) is 5.52 Å². The van der Waals surface area contributed by atoms with Crippen LogP contribution in [0.2, 0.25) is 0 Å². The number of rotatable bonds is 7. The highest BCUT2D eigenvalue weighted by Crippen LogP contribution is 2.34. The topological polar surface area (TPSA) is 55.6 Å². The smallest absolute Gasteiger partial charge is 0.368 e. The van der Waals surface area contributed by atoms with Crippen molar-refractivity contribution in [1.82, 2.24) is 19.5 Å². The molecule has 0 atom stereocenters. The first-order valence-corrected chi connectivity index (χ1v) is 13.0. The number of alkyl halides is 3. The van der Waals surface area contributed by atoms with Crippen LogP contribution in [0.3, 0.4) is 0 Å². The van der Waals surface area contributed by atoms with Crippen molar-refractivity contribution in [3.05, 3.63) is 107 Å². The van der Waals surface area contributed by atoms with E-state index in [1.165, 1.54) is 17.7 Å². The van der Waals surface area contributed by atoms with Crippen LogP contribution < -0.4 is 5.32 Å². The van der Waals surface area contributed by atoms with Gasteiger partial charge in [-0.05, 0) is 35.7 Å². The quantitative estimate of drug-likeness (QED) is 0.234. The van der Waals surface area contributed by atoms with Crippen molar-refractivity contribution in [2.24, 2.45) is 0 Å². The van der Waals surface area contributed by atoms with E-state index in [0.717, 1.165) is 39.8 Å². The number of aromatic nitrogens is 4. The molecule has 0 radical (unpaired) electrons. The fourth-order valence-electron chi connectivity index (χ4n) is 4.42. The van der Waals surface area contributed by atoms with E-state index < -0.39 is 11.7 Å². The number of hydrogen-bond donors (Lipinski definition) is 1. The molecular formula is C29H22F3N5S. The molecule has 6 rings (SSSR count). The molecule has 3 heterocycles. The second kappa shape index (κ2) is 9.90. The molecule has 0 aliphatic carbocycles. The van der Waals surface area contributed by atoms with Crippen LogP contribution in [0, 0.1) is 0 Å². The Morgan fingerprint density at radius 1 is 0.842 bits per heavy atom. The van der Waals surface area contributed by atoms with E-state index in [1.807, 2.05) is 34.9 Å². The third-order valence-corrected chi connectivity index (χ3v) is 7.33. The zero-order valence-electron chi connectivity index (χ0n) is 20.1. The molecule has 5 nitrogen and oxygen atoms in total. The summed E-state index contributed by atoms with van der Waals surface area (Å²) in [5.74, 6) is 1.20. The zero-order valence-corrected chi connectivity index (χ0v) is 20.9. The summed E-state index contributed by atoms with van der Waals surface area (Å²) in [6, 6.07) is 23.5. The first kappa shape index (κ1) is 24.1. The average molecular weight is 530 g/mol. The van der Waals surface area contributed by atoms with Crippen LogP contribution in [0.15, 0.2) is 90.6 Å². The number of thiophene rings is 1. The van der Waals surface area contributed by atoms with Crippen LogP contribution in [0.4, 0.5) is 19.0 Å². The molecule has 9 heteroatoms. The molecule has 0 amide bonds. The fourth-order valence-corrected chi connectivity index (χ4v) is 5.36. The van der Waals surface area contributed by atoms with E-state index >= 15 is 0 Å². The lowest BCUT2D eigenvalue weighted by molar-refractivity contribution is -0.137. The third kappa shape index (κ3) is 4.84. The van der Waals surface area contributed by atoms with E-state index in [4.69, 9.17) is 9.97 Å². The van der Waals surface area contributed by atoms with Crippen LogP contribution in [-0.4, -0.2) is 26.1 Å². The maximum Gasteiger partial charge on any atom is 0.416 e. The number of anilines is 1.